The number of sulfonamides is 2. The standard InChI is InChI=1S/C17H25N3O6S2/c1-26-16-8-7-14(28(24,25)19-13-5-6-13)10-15(16)18-17(21)12-4-3-9-20(11-12)27(2,22)23/h7-8,10,12-13,19H,3-6,9,11H2,1-2H3,(H,18,21). The molecule has 1 aromatic rings. The number of carbonyl (C=O) groups is 1. The van der Waals surface area contributed by atoms with E-state index < -0.39 is 26.0 Å². The minimum absolute atomic E-state index is 0.0330. The molecule has 1 atom stereocenters. The van der Waals surface area contributed by atoms with Crippen molar-refractivity contribution < 1.29 is 26.4 Å². The third kappa shape index (κ3) is 5.02. The van der Waals surface area contributed by atoms with Crippen molar-refractivity contribution in [2.75, 3.05) is 31.8 Å². The maximum atomic E-state index is 12.7. The number of benzene rings is 1. The predicted octanol–water partition coefficient (Wildman–Crippen LogP) is 0.746. The molecule has 0 aromatic heterocycles. The number of anilines is 1. The van der Waals surface area contributed by atoms with E-state index in [9.17, 15) is 21.6 Å². The molecule has 0 bridgehead atoms. The number of carbonyl (C=O) groups excluding carboxylic acids is 1. The summed E-state index contributed by atoms with van der Waals surface area (Å²) in [7, 11) is -5.62. The zero-order chi connectivity index (χ0) is 20.5. The van der Waals surface area contributed by atoms with Gasteiger partial charge in [-0.1, -0.05) is 0 Å². The summed E-state index contributed by atoms with van der Waals surface area (Å²) in [6, 6.07) is 4.24. The van der Waals surface area contributed by atoms with Crippen LogP contribution in [-0.2, 0) is 24.8 Å². The zero-order valence-corrected chi connectivity index (χ0v) is 17.5. The van der Waals surface area contributed by atoms with Crippen LogP contribution in [-0.4, -0.2) is 59.5 Å². The Morgan fingerprint density at radius 3 is 2.50 bits per heavy atom. The van der Waals surface area contributed by atoms with Crippen LogP contribution in [0.3, 0.4) is 0 Å². The summed E-state index contributed by atoms with van der Waals surface area (Å²) in [5.41, 5.74) is 0.239. The fourth-order valence-corrected chi connectivity index (χ4v) is 5.38. The molecule has 11 heteroatoms. The molecule has 2 aliphatic rings. The van der Waals surface area contributed by atoms with Crippen molar-refractivity contribution in [3.8, 4) is 5.75 Å². The summed E-state index contributed by atoms with van der Waals surface area (Å²) in [5, 5.41) is 2.71. The number of ether oxygens (including phenoxy) is 1. The minimum atomic E-state index is -3.68. The molecule has 2 fully saturated rings. The van der Waals surface area contributed by atoms with Gasteiger partial charge in [-0.15, -0.1) is 0 Å². The van der Waals surface area contributed by atoms with Gasteiger partial charge in [-0.05, 0) is 43.9 Å². The van der Waals surface area contributed by atoms with Crippen LogP contribution in [0, 0.1) is 5.92 Å². The Kier molecular flexibility index (Phi) is 5.99. The highest BCUT2D eigenvalue weighted by Gasteiger charge is 2.31. The van der Waals surface area contributed by atoms with Crippen molar-refractivity contribution in [1.29, 1.82) is 0 Å². The first-order valence-electron chi connectivity index (χ1n) is 9.06. The molecular formula is C17H25N3O6S2. The van der Waals surface area contributed by atoms with Gasteiger partial charge >= 0.3 is 0 Å². The molecule has 1 aliphatic carbocycles. The highest BCUT2D eigenvalue weighted by atomic mass is 32.2. The first-order valence-corrected chi connectivity index (χ1v) is 12.4. The van der Waals surface area contributed by atoms with Gasteiger partial charge in [0, 0.05) is 19.1 Å². The quantitative estimate of drug-likeness (QED) is 0.657. The Bertz CT molecular complexity index is 957. The Hall–Kier alpha value is -1.69. The summed E-state index contributed by atoms with van der Waals surface area (Å²) in [6.07, 6.45) is 3.90. The van der Waals surface area contributed by atoms with E-state index >= 15 is 0 Å². The van der Waals surface area contributed by atoms with Crippen LogP contribution in [0.1, 0.15) is 25.7 Å². The number of nitrogens with one attached hydrogen (secondary N) is 2. The average Bonchev–Trinajstić information content (AvgIpc) is 3.44. The monoisotopic (exact) mass is 431 g/mol. The lowest BCUT2D eigenvalue weighted by atomic mass is 9.98. The zero-order valence-electron chi connectivity index (χ0n) is 15.8. The minimum Gasteiger partial charge on any atom is -0.495 e. The summed E-state index contributed by atoms with van der Waals surface area (Å²) >= 11 is 0. The van der Waals surface area contributed by atoms with Gasteiger partial charge in [-0.2, -0.15) is 0 Å². The van der Waals surface area contributed by atoms with Crippen molar-refractivity contribution in [3.63, 3.8) is 0 Å². The third-order valence-corrected chi connectivity index (χ3v) is 7.65. The van der Waals surface area contributed by atoms with Gasteiger partial charge in [0.25, 0.3) is 0 Å². The van der Waals surface area contributed by atoms with Crippen LogP contribution in [0.4, 0.5) is 5.69 Å². The normalized spacial score (nSPS) is 21.3. The van der Waals surface area contributed by atoms with Gasteiger partial charge < -0.3 is 10.1 Å². The average molecular weight is 432 g/mol. The fourth-order valence-electron chi connectivity index (χ4n) is 3.13. The Morgan fingerprint density at radius 1 is 1.18 bits per heavy atom. The molecule has 156 valence electrons. The molecular weight excluding hydrogens is 406 g/mol. The van der Waals surface area contributed by atoms with Gasteiger partial charge in [0.05, 0.1) is 29.9 Å². The Morgan fingerprint density at radius 2 is 1.89 bits per heavy atom. The molecule has 1 saturated carbocycles. The number of hydrogen-bond donors (Lipinski definition) is 2. The number of nitrogens with zero attached hydrogens (tertiary/aromatic N) is 1. The van der Waals surface area contributed by atoms with E-state index in [0.717, 1.165) is 19.1 Å². The summed E-state index contributed by atoms with van der Waals surface area (Å²) < 4.78 is 57.5. The third-order valence-electron chi connectivity index (χ3n) is 4.86. The predicted molar refractivity (Wildman–Crippen MR) is 104 cm³/mol. The molecule has 1 aliphatic heterocycles. The summed E-state index contributed by atoms with van der Waals surface area (Å²) in [4.78, 5) is 12.7. The van der Waals surface area contributed by atoms with E-state index in [-0.39, 0.29) is 29.1 Å². The van der Waals surface area contributed by atoms with Crippen molar-refractivity contribution in [1.82, 2.24) is 9.03 Å². The lowest BCUT2D eigenvalue weighted by Gasteiger charge is -2.30. The molecule has 1 saturated heterocycles. The molecule has 0 radical (unpaired) electrons. The van der Waals surface area contributed by atoms with Gasteiger partial charge in [0.1, 0.15) is 5.75 Å². The SMILES string of the molecule is COc1ccc(S(=O)(=O)NC2CC2)cc1NC(=O)C1CCCN(S(C)(=O)=O)C1. The smallest absolute Gasteiger partial charge is 0.240 e. The molecule has 9 nitrogen and oxygen atoms in total. The van der Waals surface area contributed by atoms with E-state index in [1.165, 1.54) is 29.6 Å². The van der Waals surface area contributed by atoms with E-state index in [1.807, 2.05) is 0 Å². The van der Waals surface area contributed by atoms with Crippen molar-refractivity contribution >= 4 is 31.6 Å². The molecule has 28 heavy (non-hydrogen) atoms. The number of piperidine rings is 1. The molecule has 1 heterocycles. The summed E-state index contributed by atoms with van der Waals surface area (Å²) in [6.45, 7) is 0.501. The molecule has 0 spiro atoms. The molecule has 1 unspecified atom stereocenters. The number of rotatable bonds is 7. The van der Waals surface area contributed by atoms with Crippen LogP contribution in [0.15, 0.2) is 23.1 Å². The van der Waals surface area contributed by atoms with Crippen LogP contribution in [0.2, 0.25) is 0 Å². The molecule has 3 rings (SSSR count). The van der Waals surface area contributed by atoms with Crippen molar-refractivity contribution in [2.24, 2.45) is 5.92 Å². The van der Waals surface area contributed by atoms with Crippen LogP contribution < -0.4 is 14.8 Å². The van der Waals surface area contributed by atoms with E-state index in [0.29, 0.717) is 25.1 Å². The molecule has 1 amide bonds. The van der Waals surface area contributed by atoms with Crippen molar-refractivity contribution in [2.45, 2.75) is 36.6 Å². The van der Waals surface area contributed by atoms with Gasteiger partial charge in [0.2, 0.25) is 26.0 Å². The lowest BCUT2D eigenvalue weighted by Crippen LogP contribution is -2.43. The number of amides is 1. The van der Waals surface area contributed by atoms with Crippen LogP contribution in [0.5, 0.6) is 5.75 Å². The molecule has 1 aromatic carbocycles. The maximum Gasteiger partial charge on any atom is 0.240 e. The summed E-state index contributed by atoms with van der Waals surface area (Å²) in [5.74, 6) is -0.552. The number of hydrogen-bond acceptors (Lipinski definition) is 6. The second-order valence-corrected chi connectivity index (χ2v) is 10.9. The first kappa shape index (κ1) is 21.0. The maximum absolute atomic E-state index is 12.7. The molecule has 2 N–H and O–H groups in total. The first-order chi connectivity index (χ1) is 13.1. The van der Waals surface area contributed by atoms with Gasteiger partial charge in [0.15, 0.2) is 0 Å². The number of methoxy groups -OCH3 is 1. The largest absolute Gasteiger partial charge is 0.495 e. The Balaban J connectivity index is 1.78. The van der Waals surface area contributed by atoms with E-state index in [4.69, 9.17) is 4.74 Å². The van der Waals surface area contributed by atoms with Crippen LogP contribution in [0.25, 0.3) is 0 Å². The van der Waals surface area contributed by atoms with Gasteiger partial charge in [-0.25, -0.2) is 25.9 Å². The Labute approximate surface area is 165 Å². The highest BCUT2D eigenvalue weighted by molar-refractivity contribution is 7.89. The van der Waals surface area contributed by atoms with E-state index in [2.05, 4.69) is 10.0 Å². The van der Waals surface area contributed by atoms with E-state index in [1.54, 1.807) is 0 Å². The van der Waals surface area contributed by atoms with Crippen LogP contribution >= 0.6 is 0 Å². The second kappa shape index (κ2) is 7.97. The van der Waals surface area contributed by atoms with Crippen molar-refractivity contribution in [3.05, 3.63) is 18.2 Å². The highest BCUT2D eigenvalue weighted by Crippen LogP contribution is 2.30. The fraction of sp³-hybridized carbons (Fsp3) is 0.588. The lowest BCUT2D eigenvalue weighted by molar-refractivity contribution is -0.120. The topological polar surface area (TPSA) is 122 Å². The van der Waals surface area contributed by atoms with Gasteiger partial charge in [-0.3, -0.25) is 4.79 Å². The second-order valence-electron chi connectivity index (χ2n) is 7.21.